The fraction of sp³-hybridized carbons (Fsp3) is 0.455. The van der Waals surface area contributed by atoms with Gasteiger partial charge in [-0.15, -0.1) is 0 Å². The Balaban J connectivity index is 3.25. The molecule has 0 amide bonds. The summed E-state index contributed by atoms with van der Waals surface area (Å²) in [6.45, 7) is 2.72. The van der Waals surface area contributed by atoms with Gasteiger partial charge in [-0.3, -0.25) is 0 Å². The molecule has 0 aliphatic rings. The third-order valence-corrected chi connectivity index (χ3v) is 2.19. The molecule has 0 saturated heterocycles. The van der Waals surface area contributed by atoms with Crippen LogP contribution in [0.3, 0.4) is 0 Å². The number of phenolic OH excluding ortho intramolecular Hbond substituents is 1. The second-order valence-corrected chi connectivity index (χ2v) is 3.17. The van der Waals surface area contributed by atoms with Gasteiger partial charge in [0.25, 0.3) is 0 Å². The van der Waals surface area contributed by atoms with E-state index < -0.39 is 0 Å². The van der Waals surface area contributed by atoms with Crippen molar-refractivity contribution in [3.63, 3.8) is 0 Å². The van der Waals surface area contributed by atoms with Crippen molar-refractivity contribution in [2.75, 3.05) is 26.6 Å². The number of rotatable bonds is 5. The summed E-state index contributed by atoms with van der Waals surface area (Å²) in [6.07, 6.45) is 0. The second-order valence-electron chi connectivity index (χ2n) is 3.17. The first-order chi connectivity index (χ1) is 7.65. The first-order valence-electron chi connectivity index (χ1n) is 4.95. The van der Waals surface area contributed by atoms with Crippen LogP contribution < -0.4 is 15.2 Å². The quantitative estimate of drug-likeness (QED) is 0.746. The molecule has 0 spiro atoms. The van der Waals surface area contributed by atoms with Crippen molar-refractivity contribution in [3.8, 4) is 17.2 Å². The molecule has 5 heteroatoms. The summed E-state index contributed by atoms with van der Waals surface area (Å²) in [4.78, 5) is 0. The lowest BCUT2D eigenvalue weighted by Gasteiger charge is -2.16. The average Bonchev–Trinajstić information content (AvgIpc) is 2.26. The number of hydrogen-bond donors (Lipinski definition) is 2. The van der Waals surface area contributed by atoms with Gasteiger partial charge in [-0.05, 0) is 6.92 Å². The Kier molecular flexibility index (Phi) is 4.25. The highest BCUT2D eigenvalue weighted by Gasteiger charge is 2.18. The van der Waals surface area contributed by atoms with Crippen molar-refractivity contribution in [1.82, 2.24) is 0 Å². The number of aromatic hydroxyl groups is 1. The van der Waals surface area contributed by atoms with Crippen LogP contribution in [0.4, 0.5) is 5.69 Å². The van der Waals surface area contributed by atoms with E-state index in [1.54, 1.807) is 0 Å². The van der Waals surface area contributed by atoms with Crippen LogP contribution in [0.1, 0.15) is 12.5 Å². The van der Waals surface area contributed by atoms with Gasteiger partial charge < -0.3 is 25.1 Å². The highest BCUT2D eigenvalue weighted by molar-refractivity contribution is 5.66. The van der Waals surface area contributed by atoms with Gasteiger partial charge in [0.15, 0.2) is 17.2 Å². The van der Waals surface area contributed by atoms with Gasteiger partial charge in [-0.2, -0.15) is 0 Å². The molecule has 3 N–H and O–H groups in total. The number of nitrogen functional groups attached to an aromatic ring is 1. The molecular formula is C11H17NO4. The van der Waals surface area contributed by atoms with Crippen LogP contribution in [-0.2, 0) is 11.3 Å². The maximum absolute atomic E-state index is 9.68. The first-order valence-corrected chi connectivity index (χ1v) is 4.95. The van der Waals surface area contributed by atoms with Crippen LogP contribution in [0.2, 0.25) is 0 Å². The summed E-state index contributed by atoms with van der Waals surface area (Å²) >= 11 is 0. The van der Waals surface area contributed by atoms with Crippen molar-refractivity contribution in [2.24, 2.45) is 0 Å². The molecule has 0 aliphatic carbocycles. The van der Waals surface area contributed by atoms with E-state index in [2.05, 4.69) is 0 Å². The van der Waals surface area contributed by atoms with Gasteiger partial charge in [0, 0.05) is 12.7 Å². The molecular weight excluding hydrogens is 210 g/mol. The van der Waals surface area contributed by atoms with Crippen molar-refractivity contribution >= 4 is 5.69 Å². The van der Waals surface area contributed by atoms with Crippen LogP contribution in [-0.4, -0.2) is 25.9 Å². The standard InChI is InChI=1S/C11H17NO4/c1-4-16-6-7-10(14-2)8(12)5-9(13)11(7)15-3/h5,13H,4,6,12H2,1-3H3. The molecule has 0 aliphatic heterocycles. The molecule has 90 valence electrons. The second kappa shape index (κ2) is 5.46. The van der Waals surface area contributed by atoms with E-state index in [1.807, 2.05) is 6.92 Å². The molecule has 1 aromatic carbocycles. The Labute approximate surface area is 94.7 Å². The summed E-state index contributed by atoms with van der Waals surface area (Å²) in [7, 11) is 2.98. The number of methoxy groups -OCH3 is 2. The van der Waals surface area contributed by atoms with Crippen LogP contribution in [0.5, 0.6) is 17.2 Å². The summed E-state index contributed by atoms with van der Waals surface area (Å²) < 4.78 is 15.6. The Morgan fingerprint density at radius 1 is 1.25 bits per heavy atom. The minimum Gasteiger partial charge on any atom is -0.504 e. The number of hydrogen-bond acceptors (Lipinski definition) is 5. The van der Waals surface area contributed by atoms with E-state index in [1.165, 1.54) is 20.3 Å². The van der Waals surface area contributed by atoms with Crippen LogP contribution in [0, 0.1) is 0 Å². The lowest BCUT2D eigenvalue weighted by molar-refractivity contribution is 0.129. The molecule has 1 aromatic rings. The first kappa shape index (κ1) is 12.4. The van der Waals surface area contributed by atoms with E-state index in [9.17, 15) is 5.11 Å². The van der Waals surface area contributed by atoms with Gasteiger partial charge in [-0.1, -0.05) is 0 Å². The maximum atomic E-state index is 9.68. The van der Waals surface area contributed by atoms with E-state index in [0.717, 1.165) is 0 Å². The minimum absolute atomic E-state index is 0.0181. The Morgan fingerprint density at radius 2 is 1.88 bits per heavy atom. The molecule has 0 saturated carbocycles. The number of benzene rings is 1. The van der Waals surface area contributed by atoms with Gasteiger partial charge in [0.05, 0.1) is 32.1 Å². The predicted molar refractivity (Wildman–Crippen MR) is 61.0 cm³/mol. The van der Waals surface area contributed by atoms with Gasteiger partial charge in [0.2, 0.25) is 0 Å². The zero-order chi connectivity index (χ0) is 12.1. The SMILES string of the molecule is CCOCc1c(OC)c(N)cc(O)c1OC. The van der Waals surface area contributed by atoms with Gasteiger partial charge in [-0.25, -0.2) is 0 Å². The molecule has 0 heterocycles. The lowest BCUT2D eigenvalue weighted by Crippen LogP contribution is -2.03. The summed E-state index contributed by atoms with van der Waals surface area (Å²) in [5.41, 5.74) is 6.70. The molecule has 0 fully saturated rings. The third kappa shape index (κ3) is 2.30. The highest BCUT2D eigenvalue weighted by atomic mass is 16.5. The molecule has 0 bridgehead atoms. The summed E-state index contributed by atoms with van der Waals surface area (Å²) in [6, 6.07) is 1.40. The minimum atomic E-state index is -0.0181. The summed E-state index contributed by atoms with van der Waals surface area (Å²) in [5, 5.41) is 9.68. The topological polar surface area (TPSA) is 73.9 Å². The van der Waals surface area contributed by atoms with Crippen molar-refractivity contribution in [1.29, 1.82) is 0 Å². The Bertz CT molecular complexity index is 337. The molecule has 0 unspecified atom stereocenters. The number of ether oxygens (including phenoxy) is 3. The maximum Gasteiger partial charge on any atom is 0.169 e. The number of nitrogens with two attached hydrogens (primary N) is 1. The normalized spacial score (nSPS) is 10.2. The van der Waals surface area contributed by atoms with Crippen molar-refractivity contribution in [3.05, 3.63) is 11.6 Å². The van der Waals surface area contributed by atoms with E-state index in [-0.39, 0.29) is 12.4 Å². The van der Waals surface area contributed by atoms with Crippen molar-refractivity contribution in [2.45, 2.75) is 13.5 Å². The van der Waals surface area contributed by atoms with Crippen molar-refractivity contribution < 1.29 is 19.3 Å². The largest absolute Gasteiger partial charge is 0.504 e. The smallest absolute Gasteiger partial charge is 0.169 e. The van der Waals surface area contributed by atoms with Crippen LogP contribution in [0.15, 0.2) is 6.07 Å². The number of phenols is 1. The molecule has 16 heavy (non-hydrogen) atoms. The molecule has 5 nitrogen and oxygen atoms in total. The van der Waals surface area contributed by atoms with Gasteiger partial charge in [0.1, 0.15) is 0 Å². The fourth-order valence-electron chi connectivity index (χ4n) is 1.51. The third-order valence-electron chi connectivity index (χ3n) is 2.19. The van der Waals surface area contributed by atoms with Crippen LogP contribution in [0.25, 0.3) is 0 Å². The van der Waals surface area contributed by atoms with Crippen LogP contribution >= 0.6 is 0 Å². The van der Waals surface area contributed by atoms with E-state index >= 15 is 0 Å². The highest BCUT2D eigenvalue weighted by Crippen LogP contribution is 2.41. The average molecular weight is 227 g/mol. The summed E-state index contributed by atoms with van der Waals surface area (Å²) in [5.74, 6) is 0.790. The molecule has 1 rings (SSSR count). The molecule has 0 aromatic heterocycles. The monoisotopic (exact) mass is 227 g/mol. The van der Waals surface area contributed by atoms with E-state index in [4.69, 9.17) is 19.9 Å². The zero-order valence-electron chi connectivity index (χ0n) is 9.74. The van der Waals surface area contributed by atoms with Gasteiger partial charge >= 0.3 is 0 Å². The molecule has 0 radical (unpaired) electrons. The molecule has 0 atom stereocenters. The predicted octanol–water partition coefficient (Wildman–Crippen LogP) is 1.53. The van der Waals surface area contributed by atoms with E-state index in [0.29, 0.717) is 29.4 Å². The Hall–Kier alpha value is -1.62. The lowest BCUT2D eigenvalue weighted by atomic mass is 10.1. The fourth-order valence-corrected chi connectivity index (χ4v) is 1.51. The Morgan fingerprint density at radius 3 is 2.38 bits per heavy atom. The number of anilines is 1. The zero-order valence-corrected chi connectivity index (χ0v) is 9.74.